The summed E-state index contributed by atoms with van der Waals surface area (Å²) in [5.41, 5.74) is 0.922. The van der Waals surface area contributed by atoms with Crippen molar-refractivity contribution >= 4 is 38.4 Å². The maximum absolute atomic E-state index is 6.04. The summed E-state index contributed by atoms with van der Waals surface area (Å²) in [5, 5.41) is 5.93. The van der Waals surface area contributed by atoms with Crippen molar-refractivity contribution in [1.29, 1.82) is 0 Å². The fraction of sp³-hybridized carbons (Fsp3) is 0.125. The summed E-state index contributed by atoms with van der Waals surface area (Å²) in [6.45, 7) is 0. The van der Waals surface area contributed by atoms with Gasteiger partial charge >= 0.3 is 0 Å². The van der Waals surface area contributed by atoms with Crippen molar-refractivity contribution in [3.05, 3.63) is 27.8 Å². The molecule has 1 aromatic carbocycles. The lowest BCUT2D eigenvalue weighted by Crippen LogP contribution is -1.84. The van der Waals surface area contributed by atoms with E-state index in [0.29, 0.717) is 0 Å². The van der Waals surface area contributed by atoms with Gasteiger partial charge in [0.05, 0.1) is 10.5 Å². The zero-order valence-electron chi connectivity index (χ0n) is 6.38. The van der Waals surface area contributed by atoms with Crippen LogP contribution in [0.4, 0.5) is 0 Å². The normalized spacial score (nSPS) is 10.9. The molecule has 2 nitrogen and oxygen atoms in total. The van der Waals surface area contributed by atoms with Crippen LogP contribution in [0.15, 0.2) is 22.8 Å². The third-order valence-electron chi connectivity index (χ3n) is 1.69. The largest absolute Gasteiger partial charge is 0.275 e. The van der Waals surface area contributed by atoms with E-state index in [0.717, 1.165) is 20.4 Å². The molecule has 12 heavy (non-hydrogen) atoms. The first-order valence-corrected chi connectivity index (χ1v) is 4.63. The summed E-state index contributed by atoms with van der Waals surface area (Å²) < 4.78 is 2.66. The van der Waals surface area contributed by atoms with Gasteiger partial charge in [0.15, 0.2) is 0 Å². The average molecular weight is 246 g/mol. The van der Waals surface area contributed by atoms with Crippen LogP contribution in [0.25, 0.3) is 10.9 Å². The summed E-state index contributed by atoms with van der Waals surface area (Å²) in [5.74, 6) is 0. The van der Waals surface area contributed by atoms with Gasteiger partial charge in [-0.05, 0) is 28.1 Å². The Labute approximate surface area is 83.3 Å². The standard InChI is InChI=1S/C8H6BrClN2/c1-12-4-5-7(11-12)3-2-6(9)8(5)10/h2-4H,1H3. The zero-order chi connectivity index (χ0) is 8.72. The molecule has 0 unspecified atom stereocenters. The highest BCUT2D eigenvalue weighted by atomic mass is 79.9. The van der Waals surface area contributed by atoms with Gasteiger partial charge in [0, 0.05) is 23.1 Å². The quantitative estimate of drug-likeness (QED) is 0.698. The van der Waals surface area contributed by atoms with E-state index in [1.165, 1.54) is 0 Å². The van der Waals surface area contributed by atoms with Crippen molar-refractivity contribution < 1.29 is 0 Å². The molecule has 4 heteroatoms. The monoisotopic (exact) mass is 244 g/mol. The van der Waals surface area contributed by atoms with Gasteiger partial charge in [-0.15, -0.1) is 0 Å². The van der Waals surface area contributed by atoms with Crippen LogP contribution in [0.5, 0.6) is 0 Å². The fourth-order valence-corrected chi connectivity index (χ4v) is 1.71. The molecular weight excluding hydrogens is 239 g/mol. The highest BCUT2D eigenvalue weighted by Gasteiger charge is 2.05. The van der Waals surface area contributed by atoms with E-state index in [4.69, 9.17) is 11.6 Å². The predicted octanol–water partition coefficient (Wildman–Crippen LogP) is 2.99. The van der Waals surface area contributed by atoms with Crippen molar-refractivity contribution in [2.75, 3.05) is 0 Å². The maximum Gasteiger partial charge on any atom is 0.0939 e. The minimum Gasteiger partial charge on any atom is -0.275 e. The highest BCUT2D eigenvalue weighted by molar-refractivity contribution is 9.10. The molecule has 2 rings (SSSR count). The van der Waals surface area contributed by atoms with E-state index in [2.05, 4.69) is 21.0 Å². The van der Waals surface area contributed by atoms with E-state index in [-0.39, 0.29) is 0 Å². The van der Waals surface area contributed by atoms with Gasteiger partial charge in [-0.1, -0.05) is 11.6 Å². The molecule has 0 saturated carbocycles. The Bertz CT molecular complexity index is 436. The molecule has 0 radical (unpaired) electrons. The number of nitrogens with zero attached hydrogens (tertiary/aromatic N) is 2. The molecule has 0 bridgehead atoms. The highest BCUT2D eigenvalue weighted by Crippen LogP contribution is 2.29. The first-order chi connectivity index (χ1) is 5.68. The second kappa shape index (κ2) is 2.75. The fourth-order valence-electron chi connectivity index (χ4n) is 1.15. The van der Waals surface area contributed by atoms with Gasteiger partial charge in [-0.2, -0.15) is 5.10 Å². The summed E-state index contributed by atoms with van der Waals surface area (Å²) >= 11 is 9.40. The number of hydrogen-bond donors (Lipinski definition) is 0. The minimum atomic E-state index is 0.723. The summed E-state index contributed by atoms with van der Waals surface area (Å²) in [4.78, 5) is 0. The Morgan fingerprint density at radius 2 is 2.25 bits per heavy atom. The number of aromatic nitrogens is 2. The summed E-state index contributed by atoms with van der Waals surface area (Å²) in [7, 11) is 1.88. The number of rotatable bonds is 0. The Kier molecular flexibility index (Phi) is 1.85. The lowest BCUT2D eigenvalue weighted by molar-refractivity contribution is 0.780. The molecular formula is C8H6BrClN2. The molecule has 0 spiro atoms. The molecule has 0 aliphatic heterocycles. The molecule has 0 amide bonds. The summed E-state index contributed by atoms with van der Waals surface area (Å²) in [6.07, 6.45) is 1.91. The van der Waals surface area contributed by atoms with E-state index in [1.54, 1.807) is 4.68 Å². The molecule has 0 aliphatic carbocycles. The predicted molar refractivity (Wildman–Crippen MR) is 53.4 cm³/mol. The van der Waals surface area contributed by atoms with E-state index in [9.17, 15) is 0 Å². The van der Waals surface area contributed by atoms with Gasteiger partial charge in [0.1, 0.15) is 0 Å². The van der Waals surface area contributed by atoms with Crippen LogP contribution < -0.4 is 0 Å². The van der Waals surface area contributed by atoms with Crippen LogP contribution >= 0.6 is 27.5 Å². The van der Waals surface area contributed by atoms with E-state index < -0.39 is 0 Å². The second-order valence-corrected chi connectivity index (χ2v) is 3.83. The molecule has 1 heterocycles. The first kappa shape index (κ1) is 8.08. The van der Waals surface area contributed by atoms with E-state index in [1.807, 2.05) is 25.4 Å². The second-order valence-electron chi connectivity index (χ2n) is 2.60. The number of benzene rings is 1. The average Bonchev–Trinajstić information content (AvgIpc) is 2.39. The van der Waals surface area contributed by atoms with Gasteiger partial charge in [-0.3, -0.25) is 4.68 Å². The maximum atomic E-state index is 6.04. The van der Waals surface area contributed by atoms with Crippen LogP contribution in [0.1, 0.15) is 0 Å². The van der Waals surface area contributed by atoms with Crippen molar-refractivity contribution in [2.45, 2.75) is 0 Å². The Balaban J connectivity index is 2.89. The molecule has 0 fully saturated rings. The van der Waals surface area contributed by atoms with Crippen molar-refractivity contribution in [2.24, 2.45) is 7.05 Å². The lowest BCUT2D eigenvalue weighted by Gasteiger charge is -1.94. The van der Waals surface area contributed by atoms with Crippen LogP contribution in [-0.4, -0.2) is 9.78 Å². The first-order valence-electron chi connectivity index (χ1n) is 3.46. The number of fused-ring (bicyclic) bond motifs is 1. The van der Waals surface area contributed by atoms with Crippen molar-refractivity contribution in [1.82, 2.24) is 9.78 Å². The van der Waals surface area contributed by atoms with Gasteiger partial charge in [0.25, 0.3) is 0 Å². The lowest BCUT2D eigenvalue weighted by atomic mass is 10.3. The van der Waals surface area contributed by atoms with Crippen LogP contribution in [0, 0.1) is 0 Å². The molecule has 0 saturated heterocycles. The van der Waals surface area contributed by atoms with Crippen molar-refractivity contribution in [3.8, 4) is 0 Å². The molecule has 2 aromatic rings. The molecule has 0 aliphatic rings. The van der Waals surface area contributed by atoms with Gasteiger partial charge in [0.2, 0.25) is 0 Å². The molecule has 0 N–H and O–H groups in total. The zero-order valence-corrected chi connectivity index (χ0v) is 8.72. The van der Waals surface area contributed by atoms with Gasteiger partial charge < -0.3 is 0 Å². The SMILES string of the molecule is Cn1cc2c(Cl)c(Br)ccc2n1. The number of hydrogen-bond acceptors (Lipinski definition) is 1. The third kappa shape index (κ3) is 1.13. The van der Waals surface area contributed by atoms with E-state index >= 15 is 0 Å². The molecule has 0 atom stereocenters. The van der Waals surface area contributed by atoms with Crippen LogP contribution in [-0.2, 0) is 7.05 Å². The Morgan fingerprint density at radius 1 is 1.50 bits per heavy atom. The number of halogens is 2. The van der Waals surface area contributed by atoms with Crippen molar-refractivity contribution in [3.63, 3.8) is 0 Å². The van der Waals surface area contributed by atoms with Gasteiger partial charge in [-0.25, -0.2) is 0 Å². The molecule has 1 aromatic heterocycles. The topological polar surface area (TPSA) is 17.8 Å². The third-order valence-corrected chi connectivity index (χ3v) is 2.99. The Morgan fingerprint density at radius 3 is 3.00 bits per heavy atom. The van der Waals surface area contributed by atoms with Crippen LogP contribution in [0.3, 0.4) is 0 Å². The smallest absolute Gasteiger partial charge is 0.0939 e. The summed E-state index contributed by atoms with van der Waals surface area (Å²) in [6, 6.07) is 3.84. The molecule has 62 valence electrons. The Hall–Kier alpha value is -0.540. The van der Waals surface area contributed by atoms with Crippen LogP contribution in [0.2, 0.25) is 5.02 Å². The number of aryl methyl sites for hydroxylation is 1. The minimum absolute atomic E-state index is 0.723.